The van der Waals surface area contributed by atoms with Gasteiger partial charge in [-0.2, -0.15) is 0 Å². The van der Waals surface area contributed by atoms with E-state index in [1.54, 1.807) is 0 Å². The van der Waals surface area contributed by atoms with Crippen LogP contribution >= 0.6 is 0 Å². The average Bonchev–Trinajstić information content (AvgIpc) is 2.90. The van der Waals surface area contributed by atoms with Gasteiger partial charge in [-0.3, -0.25) is 14.6 Å². The van der Waals surface area contributed by atoms with Gasteiger partial charge in [0.1, 0.15) is 11.6 Å². The fourth-order valence-electron chi connectivity index (χ4n) is 5.58. The molecule has 3 aromatic rings. The lowest BCUT2D eigenvalue weighted by Crippen LogP contribution is -2.53. The number of hydrogen-bond acceptors (Lipinski definition) is 7. The van der Waals surface area contributed by atoms with Gasteiger partial charge in [0, 0.05) is 51.4 Å². The molecule has 2 aliphatic heterocycles. The lowest BCUT2D eigenvalue weighted by atomic mass is 9.96. The van der Waals surface area contributed by atoms with Crippen molar-refractivity contribution in [1.29, 1.82) is 0 Å². The molecule has 0 bridgehead atoms. The van der Waals surface area contributed by atoms with Crippen molar-refractivity contribution in [2.24, 2.45) is 0 Å². The molecule has 3 heterocycles. The number of Topliss-reactive ketones (excluding diaryl/α,β-unsaturated/α-hetero) is 1. The second-order valence-corrected chi connectivity index (χ2v) is 10.7. The fourth-order valence-corrected chi connectivity index (χ4v) is 5.58. The molecule has 5 rings (SSSR count). The molecule has 206 valence electrons. The molecule has 2 fully saturated rings. The van der Waals surface area contributed by atoms with Gasteiger partial charge >= 0.3 is 0 Å². The number of benzene rings is 2. The van der Waals surface area contributed by atoms with Crippen molar-refractivity contribution in [2.45, 2.75) is 45.9 Å². The van der Waals surface area contributed by atoms with Crippen LogP contribution in [0, 0.1) is 5.82 Å². The number of hydrogen-bond donors (Lipinski definition) is 1. The molecule has 0 spiro atoms. The maximum Gasteiger partial charge on any atom is 0.230 e. The smallest absolute Gasteiger partial charge is 0.230 e. The van der Waals surface area contributed by atoms with Crippen LogP contribution in [-0.4, -0.2) is 72.0 Å². The highest BCUT2D eigenvalue weighted by Gasteiger charge is 2.22. The first-order valence-electron chi connectivity index (χ1n) is 13.7. The Morgan fingerprint density at radius 1 is 1.05 bits per heavy atom. The van der Waals surface area contributed by atoms with Crippen LogP contribution in [0.5, 0.6) is 11.6 Å². The summed E-state index contributed by atoms with van der Waals surface area (Å²) in [6.45, 7) is 13.0. The third-order valence-electron chi connectivity index (χ3n) is 7.26. The number of ether oxygens (including phenoxy) is 2. The molecule has 2 atom stereocenters. The number of rotatable bonds is 8. The molecule has 2 aliphatic rings. The van der Waals surface area contributed by atoms with Crippen LogP contribution in [0.25, 0.3) is 11.1 Å². The molecule has 0 saturated carbocycles. The van der Waals surface area contributed by atoms with Gasteiger partial charge in [0.2, 0.25) is 5.88 Å². The van der Waals surface area contributed by atoms with E-state index in [1.165, 1.54) is 18.1 Å². The second kappa shape index (κ2) is 12.3. The van der Waals surface area contributed by atoms with E-state index in [9.17, 15) is 9.18 Å². The first-order valence-corrected chi connectivity index (χ1v) is 13.7. The molecule has 1 aromatic heterocycles. The normalized spacial score (nSPS) is 20.6. The Bertz CT molecular complexity index is 1300. The Hall–Kier alpha value is -3.17. The van der Waals surface area contributed by atoms with E-state index >= 15 is 0 Å². The van der Waals surface area contributed by atoms with Crippen LogP contribution in [0.3, 0.4) is 0 Å². The Balaban J connectivity index is 1.43. The molecular weight excluding hydrogens is 495 g/mol. The Kier molecular flexibility index (Phi) is 8.67. The minimum absolute atomic E-state index is 0.101. The lowest BCUT2D eigenvalue weighted by Gasteiger charge is -2.36. The number of ketones is 1. The number of nitrogens with one attached hydrogen (secondary N) is 1. The monoisotopic (exact) mass is 532 g/mol. The lowest BCUT2D eigenvalue weighted by molar-refractivity contribution is 0.0342. The largest absolute Gasteiger partial charge is 0.438 e. The molecule has 1 N–H and O–H groups in total. The van der Waals surface area contributed by atoms with Crippen LogP contribution in [0.1, 0.15) is 42.3 Å². The van der Waals surface area contributed by atoms with Gasteiger partial charge < -0.3 is 14.8 Å². The average molecular weight is 533 g/mol. The van der Waals surface area contributed by atoms with Gasteiger partial charge in [-0.05, 0) is 61.2 Å². The first-order chi connectivity index (χ1) is 18.8. The summed E-state index contributed by atoms with van der Waals surface area (Å²) >= 11 is 0. The Labute approximate surface area is 229 Å². The van der Waals surface area contributed by atoms with E-state index in [-0.39, 0.29) is 17.2 Å². The van der Waals surface area contributed by atoms with Crippen LogP contribution < -0.4 is 10.1 Å². The SMILES string of the molecule is CC(=O)c1cc(F)cnc1Oc1cccc(-c2ccc(CN3CC(C)NC(C)C3)cc2CN2CCOCC2)c1. The van der Waals surface area contributed by atoms with Crippen molar-refractivity contribution in [3.8, 4) is 22.8 Å². The molecule has 0 amide bonds. The van der Waals surface area contributed by atoms with Crippen molar-refractivity contribution < 1.29 is 18.7 Å². The maximum atomic E-state index is 13.7. The number of pyridine rings is 1. The number of nitrogens with zero attached hydrogens (tertiary/aromatic N) is 3. The van der Waals surface area contributed by atoms with Gasteiger partial charge in [-0.25, -0.2) is 9.37 Å². The number of morpholine rings is 1. The zero-order chi connectivity index (χ0) is 27.4. The molecule has 0 radical (unpaired) electrons. The maximum absolute atomic E-state index is 13.7. The van der Waals surface area contributed by atoms with Gasteiger partial charge in [0.05, 0.1) is 25.0 Å². The van der Waals surface area contributed by atoms with Gasteiger partial charge in [-0.15, -0.1) is 0 Å². The molecule has 2 saturated heterocycles. The summed E-state index contributed by atoms with van der Waals surface area (Å²) in [5.74, 6) is -0.229. The Morgan fingerprint density at radius 2 is 1.82 bits per heavy atom. The zero-order valence-electron chi connectivity index (χ0n) is 23.0. The van der Waals surface area contributed by atoms with Gasteiger partial charge in [0.25, 0.3) is 0 Å². The van der Waals surface area contributed by atoms with Crippen LogP contribution in [0.15, 0.2) is 54.7 Å². The highest BCUT2D eigenvalue weighted by Crippen LogP contribution is 2.32. The standard InChI is InChI=1S/C31H37FN4O3/c1-21-17-36(18-22(2)34-21)19-24-7-8-29(26(13-24)20-35-9-11-38-12-10-35)25-5-4-6-28(14-25)39-31-30(23(3)37)15-27(32)16-33-31/h4-8,13-16,21-22,34H,9-12,17-20H2,1-3H3. The summed E-state index contributed by atoms with van der Waals surface area (Å²) in [6, 6.07) is 16.6. The summed E-state index contributed by atoms with van der Waals surface area (Å²) in [7, 11) is 0. The van der Waals surface area contributed by atoms with Crippen molar-refractivity contribution in [2.75, 3.05) is 39.4 Å². The molecule has 39 heavy (non-hydrogen) atoms. The third-order valence-corrected chi connectivity index (χ3v) is 7.26. The highest BCUT2D eigenvalue weighted by atomic mass is 19.1. The third kappa shape index (κ3) is 7.08. The minimum Gasteiger partial charge on any atom is -0.438 e. The topological polar surface area (TPSA) is 66.9 Å². The van der Waals surface area contributed by atoms with E-state index in [0.717, 1.165) is 75.9 Å². The molecular formula is C31H37FN4O3. The minimum atomic E-state index is -0.570. The fraction of sp³-hybridized carbons (Fsp3) is 0.419. The number of carbonyl (C=O) groups excluding carboxylic acids is 1. The van der Waals surface area contributed by atoms with Crippen LogP contribution in [0.4, 0.5) is 4.39 Å². The van der Waals surface area contributed by atoms with Crippen molar-refractivity contribution in [3.05, 3.63) is 77.2 Å². The summed E-state index contributed by atoms with van der Waals surface area (Å²) in [4.78, 5) is 21.0. The quantitative estimate of drug-likeness (QED) is 0.414. The summed E-state index contributed by atoms with van der Waals surface area (Å²) in [5.41, 5.74) is 4.83. The highest BCUT2D eigenvalue weighted by molar-refractivity contribution is 5.96. The van der Waals surface area contributed by atoms with E-state index in [4.69, 9.17) is 9.47 Å². The van der Waals surface area contributed by atoms with Crippen LogP contribution in [-0.2, 0) is 17.8 Å². The molecule has 0 aliphatic carbocycles. The number of aromatic nitrogens is 1. The molecule has 7 nitrogen and oxygen atoms in total. The van der Waals surface area contributed by atoms with Gasteiger partial charge in [-0.1, -0.05) is 30.3 Å². The predicted molar refractivity (Wildman–Crippen MR) is 150 cm³/mol. The molecule has 2 unspecified atom stereocenters. The number of halogens is 1. The second-order valence-electron chi connectivity index (χ2n) is 10.7. The van der Waals surface area contributed by atoms with Gasteiger partial charge in [0.15, 0.2) is 5.78 Å². The van der Waals surface area contributed by atoms with E-state index in [0.29, 0.717) is 17.8 Å². The van der Waals surface area contributed by atoms with E-state index < -0.39 is 5.82 Å². The Morgan fingerprint density at radius 3 is 2.56 bits per heavy atom. The van der Waals surface area contributed by atoms with E-state index in [1.807, 2.05) is 18.2 Å². The van der Waals surface area contributed by atoms with Crippen LogP contribution in [0.2, 0.25) is 0 Å². The summed E-state index contributed by atoms with van der Waals surface area (Å²) < 4.78 is 25.3. The predicted octanol–water partition coefficient (Wildman–Crippen LogP) is 4.90. The first kappa shape index (κ1) is 27.4. The van der Waals surface area contributed by atoms with Crippen molar-refractivity contribution in [3.63, 3.8) is 0 Å². The van der Waals surface area contributed by atoms with E-state index in [2.05, 4.69) is 58.2 Å². The summed E-state index contributed by atoms with van der Waals surface area (Å²) in [5, 5.41) is 3.61. The van der Waals surface area contributed by atoms with Crippen molar-refractivity contribution in [1.82, 2.24) is 20.1 Å². The molecule has 2 aromatic carbocycles. The van der Waals surface area contributed by atoms with Crippen molar-refractivity contribution >= 4 is 5.78 Å². The zero-order valence-corrected chi connectivity index (χ0v) is 23.0. The summed E-state index contributed by atoms with van der Waals surface area (Å²) in [6.07, 6.45) is 1.06. The molecule has 8 heteroatoms. The number of carbonyl (C=O) groups is 1. The number of piperazine rings is 1.